The number of hydrogen-bond donors (Lipinski definition) is 2. The number of hydroxylamine groups is 1. The lowest BCUT2D eigenvalue weighted by molar-refractivity contribution is -0.134. The summed E-state index contributed by atoms with van der Waals surface area (Å²) in [4.78, 5) is 55.4. The summed E-state index contributed by atoms with van der Waals surface area (Å²) in [6.07, 6.45) is 4.63. The molecule has 1 fully saturated rings. The van der Waals surface area contributed by atoms with Gasteiger partial charge in [0.25, 0.3) is 5.91 Å². The molecule has 1 aliphatic heterocycles. The van der Waals surface area contributed by atoms with Crippen molar-refractivity contribution < 1.29 is 14.4 Å². The third kappa shape index (κ3) is 6.26. The Hall–Kier alpha value is -4.61. The fraction of sp³-hybridized carbons (Fsp3) is 0.300. The van der Waals surface area contributed by atoms with Crippen molar-refractivity contribution in [3.63, 3.8) is 0 Å². The normalized spacial score (nSPS) is 13.9. The Morgan fingerprint density at radius 2 is 1.76 bits per heavy atom. The summed E-state index contributed by atoms with van der Waals surface area (Å²) in [5, 5.41) is 3.42. The van der Waals surface area contributed by atoms with Crippen LogP contribution in [-0.2, 0) is 22.5 Å². The van der Waals surface area contributed by atoms with Crippen molar-refractivity contribution in [3.05, 3.63) is 87.8 Å². The number of fused-ring (bicyclic) bond motifs is 1. The van der Waals surface area contributed by atoms with Gasteiger partial charge in [-0.25, -0.2) is 10.5 Å². The molecular formula is C30H33N7O4. The molecule has 2 aromatic heterocycles. The van der Waals surface area contributed by atoms with E-state index in [2.05, 4.69) is 32.6 Å². The number of nitrogens with zero attached hydrogens (tertiary/aromatic N) is 5. The Morgan fingerprint density at radius 1 is 1.02 bits per heavy atom. The molecule has 0 radical (unpaired) electrons. The number of piperazine rings is 1. The second-order valence-corrected chi connectivity index (χ2v) is 9.99. The zero-order valence-electron chi connectivity index (χ0n) is 23.4. The van der Waals surface area contributed by atoms with E-state index < -0.39 is 11.3 Å². The summed E-state index contributed by atoms with van der Waals surface area (Å²) in [6, 6.07) is 15.8. The highest BCUT2D eigenvalue weighted by Gasteiger charge is 2.21. The third-order valence-electron chi connectivity index (χ3n) is 7.27. The minimum Gasteiger partial charge on any atom is -0.343 e. The van der Waals surface area contributed by atoms with Gasteiger partial charge in [-0.2, -0.15) is 4.98 Å². The van der Waals surface area contributed by atoms with E-state index in [0.29, 0.717) is 18.1 Å². The summed E-state index contributed by atoms with van der Waals surface area (Å²) >= 11 is 0. The van der Waals surface area contributed by atoms with Gasteiger partial charge in [-0.05, 0) is 48.2 Å². The van der Waals surface area contributed by atoms with Gasteiger partial charge in [0.05, 0.1) is 19.0 Å². The number of pyridine rings is 1. The zero-order chi connectivity index (χ0) is 28.9. The predicted molar refractivity (Wildman–Crippen MR) is 156 cm³/mol. The monoisotopic (exact) mass is 555 g/mol. The molecule has 11 nitrogen and oxygen atoms in total. The first-order valence-electron chi connectivity index (χ1n) is 13.5. The lowest BCUT2D eigenvalue weighted by atomic mass is 10.1. The number of rotatable bonds is 9. The molecule has 2 amide bonds. The van der Waals surface area contributed by atoms with Crippen LogP contribution in [0.3, 0.4) is 0 Å². The summed E-state index contributed by atoms with van der Waals surface area (Å²) in [5.74, 6) is -0.183. The van der Waals surface area contributed by atoms with Gasteiger partial charge >= 0.3 is 0 Å². The maximum atomic E-state index is 13.2. The molecule has 2 N–H and O–H groups in total. The highest BCUT2D eigenvalue weighted by Crippen LogP contribution is 2.20. The van der Waals surface area contributed by atoms with Crippen LogP contribution in [0.1, 0.15) is 28.4 Å². The Bertz CT molecular complexity index is 1620. The van der Waals surface area contributed by atoms with Crippen LogP contribution in [0.4, 0.5) is 11.6 Å². The average molecular weight is 556 g/mol. The Kier molecular flexibility index (Phi) is 8.37. The largest absolute Gasteiger partial charge is 0.343 e. The molecule has 4 aromatic rings. The first-order chi connectivity index (χ1) is 19.9. The minimum absolute atomic E-state index is 0.0836. The second-order valence-electron chi connectivity index (χ2n) is 9.99. The zero-order valence-corrected chi connectivity index (χ0v) is 23.4. The molecule has 41 heavy (non-hydrogen) atoms. The van der Waals surface area contributed by atoms with Gasteiger partial charge in [0.15, 0.2) is 5.65 Å². The van der Waals surface area contributed by atoms with E-state index in [1.165, 1.54) is 19.5 Å². The molecule has 1 saturated heterocycles. The SMILES string of the molecule is CCc1ccc(-n2cc(C(=O)NOC)c(=O)c3cnc(Nc4ccc(CCN5CCN(C)C(=O)C5)cc4)nc32)cc1. The van der Waals surface area contributed by atoms with Crippen LogP contribution in [0.25, 0.3) is 16.7 Å². The topological polar surface area (TPSA) is 122 Å². The van der Waals surface area contributed by atoms with Crippen LogP contribution >= 0.6 is 0 Å². The van der Waals surface area contributed by atoms with Gasteiger partial charge in [-0.1, -0.05) is 31.2 Å². The van der Waals surface area contributed by atoms with E-state index in [9.17, 15) is 14.4 Å². The van der Waals surface area contributed by atoms with Crippen molar-refractivity contribution in [2.75, 3.05) is 45.7 Å². The predicted octanol–water partition coefficient (Wildman–Crippen LogP) is 2.69. The smallest absolute Gasteiger partial charge is 0.280 e. The molecule has 5 rings (SSSR count). The van der Waals surface area contributed by atoms with E-state index >= 15 is 0 Å². The van der Waals surface area contributed by atoms with E-state index in [-0.39, 0.29) is 16.9 Å². The van der Waals surface area contributed by atoms with Crippen LogP contribution in [0.2, 0.25) is 0 Å². The van der Waals surface area contributed by atoms with Gasteiger partial charge in [0.1, 0.15) is 5.56 Å². The fourth-order valence-electron chi connectivity index (χ4n) is 4.74. The number of nitrogens with one attached hydrogen (secondary N) is 2. The van der Waals surface area contributed by atoms with Crippen LogP contribution in [0.15, 0.2) is 65.7 Å². The van der Waals surface area contributed by atoms with Crippen molar-refractivity contribution in [1.82, 2.24) is 29.8 Å². The number of amides is 2. The van der Waals surface area contributed by atoms with Crippen LogP contribution in [0, 0.1) is 0 Å². The number of aryl methyl sites for hydroxylation is 1. The van der Waals surface area contributed by atoms with Crippen LogP contribution < -0.4 is 16.2 Å². The molecule has 3 heterocycles. The van der Waals surface area contributed by atoms with Crippen molar-refractivity contribution >= 4 is 34.5 Å². The van der Waals surface area contributed by atoms with Crippen LogP contribution in [0.5, 0.6) is 0 Å². The maximum Gasteiger partial charge on any atom is 0.280 e. The van der Waals surface area contributed by atoms with E-state index in [4.69, 9.17) is 4.84 Å². The molecule has 1 aliphatic rings. The average Bonchev–Trinajstić information content (AvgIpc) is 2.99. The Labute approximate surface area is 237 Å². The van der Waals surface area contributed by atoms with Gasteiger partial charge in [-0.15, -0.1) is 0 Å². The minimum atomic E-state index is -0.653. The standard InChI is InChI=1S/C30H33N7O4/c1-4-20-7-11-23(12-8-20)37-18-25(29(40)34-41-3)27(39)24-17-31-30(33-28(24)37)32-22-9-5-21(6-10-22)13-14-36-16-15-35(2)26(38)19-36/h5-12,17-18H,4,13-16,19H2,1-3H3,(H,34,40)(H,31,32,33). The van der Waals surface area contributed by atoms with E-state index in [1.54, 1.807) is 9.47 Å². The van der Waals surface area contributed by atoms with Crippen molar-refractivity contribution in [3.8, 4) is 5.69 Å². The van der Waals surface area contributed by atoms with Gasteiger partial charge < -0.3 is 14.8 Å². The molecule has 0 bridgehead atoms. The highest BCUT2D eigenvalue weighted by molar-refractivity contribution is 5.96. The highest BCUT2D eigenvalue weighted by atomic mass is 16.6. The number of carbonyl (C=O) groups is 2. The second kappa shape index (κ2) is 12.3. The van der Waals surface area contributed by atoms with Crippen LogP contribution in [-0.4, -0.2) is 76.5 Å². The number of anilines is 2. The number of carbonyl (C=O) groups excluding carboxylic acids is 2. The molecule has 0 spiro atoms. The van der Waals surface area contributed by atoms with Crippen molar-refractivity contribution in [2.24, 2.45) is 0 Å². The number of likely N-dealkylation sites (N-methyl/N-ethyl adjacent to an activating group) is 1. The maximum absolute atomic E-state index is 13.2. The summed E-state index contributed by atoms with van der Waals surface area (Å²) in [6.45, 7) is 4.99. The molecule has 212 valence electrons. The molecule has 0 saturated carbocycles. The molecule has 0 atom stereocenters. The molecule has 0 unspecified atom stereocenters. The number of hydrogen-bond acceptors (Lipinski definition) is 8. The lowest BCUT2D eigenvalue weighted by Gasteiger charge is -2.31. The third-order valence-corrected chi connectivity index (χ3v) is 7.27. The van der Waals surface area contributed by atoms with Gasteiger partial charge in [0.2, 0.25) is 17.3 Å². The summed E-state index contributed by atoms with van der Waals surface area (Å²) < 4.78 is 1.71. The summed E-state index contributed by atoms with van der Waals surface area (Å²) in [7, 11) is 3.15. The number of aromatic nitrogens is 3. The lowest BCUT2D eigenvalue weighted by Crippen LogP contribution is -2.48. The summed E-state index contributed by atoms with van der Waals surface area (Å²) in [5.41, 5.74) is 5.87. The van der Waals surface area contributed by atoms with Crippen molar-refractivity contribution in [1.29, 1.82) is 0 Å². The van der Waals surface area contributed by atoms with Gasteiger partial charge in [0, 0.05) is 50.5 Å². The van der Waals surface area contributed by atoms with Gasteiger partial charge in [-0.3, -0.25) is 24.1 Å². The molecule has 0 aliphatic carbocycles. The molecule has 11 heteroatoms. The first kappa shape index (κ1) is 27.9. The van der Waals surface area contributed by atoms with E-state index in [1.807, 2.05) is 55.6 Å². The Balaban J connectivity index is 1.39. The fourth-order valence-corrected chi connectivity index (χ4v) is 4.74. The number of benzene rings is 2. The van der Waals surface area contributed by atoms with Crippen molar-refractivity contribution in [2.45, 2.75) is 19.8 Å². The molecular weight excluding hydrogens is 522 g/mol. The van der Waals surface area contributed by atoms with E-state index in [0.717, 1.165) is 55.0 Å². The quantitative estimate of drug-likeness (QED) is 0.303. The molecule has 2 aromatic carbocycles. The Morgan fingerprint density at radius 3 is 2.44 bits per heavy atom. The first-order valence-corrected chi connectivity index (χ1v) is 13.5.